The molecule has 2 aliphatic heterocycles. The van der Waals surface area contributed by atoms with Gasteiger partial charge in [-0.15, -0.1) is 0 Å². The SMILES string of the molecule is [O-][NH+](c1ccccc1)c1ccc2c(c1)C1(C3=C2C=CI=C3)C2=C(C=CI=C2)c2ccc([NH+]([O-])c3ccccc3)cc21. The van der Waals surface area contributed by atoms with Gasteiger partial charge in [0.05, 0.1) is 5.41 Å². The monoisotopic (exact) mass is 758 g/mol. The van der Waals surface area contributed by atoms with Crippen LogP contribution >= 0.6 is 41.5 Å². The molecule has 2 aliphatic carbocycles. The Labute approximate surface area is 258 Å². The zero-order valence-corrected chi connectivity index (χ0v) is 26.1. The maximum atomic E-state index is 13.7. The Kier molecular flexibility index (Phi) is 6.24. The number of nitrogens with one attached hydrogen (secondary N) is 2. The van der Waals surface area contributed by atoms with Crippen molar-refractivity contribution in [2.24, 2.45) is 0 Å². The van der Waals surface area contributed by atoms with Crippen molar-refractivity contribution in [1.29, 1.82) is 0 Å². The van der Waals surface area contributed by atoms with Crippen molar-refractivity contribution in [1.82, 2.24) is 0 Å². The lowest BCUT2D eigenvalue weighted by molar-refractivity contribution is -0.698. The molecule has 0 amide bonds. The number of para-hydroxylation sites is 2. The zero-order chi connectivity index (χ0) is 27.6. The predicted molar refractivity (Wildman–Crippen MR) is 186 cm³/mol. The summed E-state index contributed by atoms with van der Waals surface area (Å²) < 4.78 is 9.56. The van der Waals surface area contributed by atoms with Crippen LogP contribution in [0.5, 0.6) is 0 Å². The molecule has 8 rings (SSSR count). The second-order valence-electron chi connectivity index (χ2n) is 10.4. The number of hydrogen-bond donors (Lipinski definition) is 2. The van der Waals surface area contributed by atoms with Gasteiger partial charge >= 0.3 is 0 Å². The first-order valence-electron chi connectivity index (χ1n) is 13.4. The lowest BCUT2D eigenvalue weighted by Gasteiger charge is -2.34. The summed E-state index contributed by atoms with van der Waals surface area (Å²) in [4.78, 5) is 0. The number of fused-ring (bicyclic) bond motifs is 8. The summed E-state index contributed by atoms with van der Waals surface area (Å²) in [6.07, 6.45) is 4.58. The minimum atomic E-state index is -0.524. The van der Waals surface area contributed by atoms with E-state index in [4.69, 9.17) is 0 Å². The minimum Gasteiger partial charge on any atom is -0.623 e. The average Bonchev–Trinajstić information content (AvgIpc) is 3.51. The molecule has 4 aromatic carbocycles. The molecule has 2 unspecified atom stereocenters. The van der Waals surface area contributed by atoms with E-state index in [-0.39, 0.29) is 51.6 Å². The van der Waals surface area contributed by atoms with E-state index in [1.807, 2.05) is 72.8 Å². The Morgan fingerprint density at radius 1 is 0.512 bits per heavy atom. The van der Waals surface area contributed by atoms with Crippen molar-refractivity contribution in [2.75, 3.05) is 0 Å². The van der Waals surface area contributed by atoms with Crippen LogP contribution in [0.3, 0.4) is 0 Å². The second kappa shape index (κ2) is 10.0. The van der Waals surface area contributed by atoms with Gasteiger partial charge in [-0.1, -0.05) is 77.9 Å². The Hall–Kier alpha value is -3.12. The van der Waals surface area contributed by atoms with Gasteiger partial charge in [0, 0.05) is 24.3 Å². The van der Waals surface area contributed by atoms with Gasteiger partial charge in [0.1, 0.15) is 22.7 Å². The fraction of sp³-hybridized carbons (Fsp3) is 0.0286. The van der Waals surface area contributed by atoms with Crippen LogP contribution in [-0.2, 0) is 5.41 Å². The first-order chi connectivity index (χ1) is 20.2. The molecule has 0 bridgehead atoms. The number of hydrogen-bond acceptors (Lipinski definition) is 2. The summed E-state index contributed by atoms with van der Waals surface area (Å²) in [7, 11) is 0. The van der Waals surface area contributed by atoms with E-state index < -0.39 is 5.41 Å². The number of allylic oxidation sites excluding steroid dienone is 6. The van der Waals surface area contributed by atoms with Crippen LogP contribution in [0.15, 0.2) is 129 Å². The molecule has 2 N–H and O–H groups in total. The van der Waals surface area contributed by atoms with Crippen molar-refractivity contribution in [3.05, 3.63) is 161 Å². The summed E-state index contributed by atoms with van der Waals surface area (Å²) in [5.74, 6) is 0. The molecule has 4 aliphatic rings. The highest BCUT2D eigenvalue weighted by Gasteiger charge is 2.53. The van der Waals surface area contributed by atoms with E-state index in [0.29, 0.717) is 22.7 Å². The first-order valence-corrected chi connectivity index (χ1v) is 18.4. The topological polar surface area (TPSA) is 55.0 Å². The maximum absolute atomic E-state index is 13.7. The van der Waals surface area contributed by atoms with E-state index in [0.717, 1.165) is 11.1 Å². The third kappa shape index (κ3) is 3.78. The van der Waals surface area contributed by atoms with Gasteiger partial charge in [-0.2, -0.15) is 0 Å². The summed E-state index contributed by atoms with van der Waals surface area (Å²) in [6, 6.07) is 31.6. The van der Waals surface area contributed by atoms with Crippen molar-refractivity contribution < 1.29 is 10.1 Å². The van der Waals surface area contributed by atoms with Crippen LogP contribution in [-0.4, -0.2) is 8.02 Å². The van der Waals surface area contributed by atoms with E-state index >= 15 is 0 Å². The number of rotatable bonds is 4. The predicted octanol–water partition coefficient (Wildman–Crippen LogP) is 6.80. The maximum Gasteiger partial charge on any atom is 0.136 e. The van der Waals surface area contributed by atoms with Crippen molar-refractivity contribution in [3.63, 3.8) is 0 Å². The smallest absolute Gasteiger partial charge is 0.136 e. The lowest BCUT2D eigenvalue weighted by atomic mass is 9.69. The molecular formula is C35H24I2N2O2. The standard InChI is InChI=1S/C35H24I2N2O2/c40-38(23-7-3-1-4-8-23)25-11-13-27-29-15-17-36-21-33(29)35(31(27)19-25)32-20-26(39(41)24-9-5-2-6-10-24)12-14-28(32)30-16-18-37-22-34(30)35/h1-22,38-39H. The molecule has 4 aromatic rings. The quantitative estimate of drug-likeness (QED) is 0.178. The molecule has 0 radical (unpaired) electrons. The molecule has 1 spiro atoms. The van der Waals surface area contributed by atoms with E-state index in [2.05, 4.69) is 52.6 Å². The molecule has 0 fully saturated rings. The summed E-state index contributed by atoms with van der Waals surface area (Å²) in [6.45, 7) is 0. The van der Waals surface area contributed by atoms with Crippen molar-refractivity contribution in [3.8, 4) is 0 Å². The summed E-state index contributed by atoms with van der Waals surface area (Å²) >= 11 is -0.482. The van der Waals surface area contributed by atoms with Crippen LogP contribution in [0.25, 0.3) is 11.1 Å². The number of benzene rings is 4. The third-order valence-corrected chi connectivity index (χ3v) is 11.9. The molecule has 6 heteroatoms. The molecule has 0 saturated heterocycles. The van der Waals surface area contributed by atoms with E-state index in [9.17, 15) is 10.4 Å². The average molecular weight is 758 g/mol. The highest BCUT2D eigenvalue weighted by atomic mass is 127. The number of halogens is 2. The van der Waals surface area contributed by atoms with Gasteiger partial charge in [0.25, 0.3) is 0 Å². The second-order valence-corrected chi connectivity index (χ2v) is 14.5. The lowest BCUT2D eigenvalue weighted by Crippen LogP contribution is -2.96. The molecule has 4 nitrogen and oxygen atoms in total. The Morgan fingerprint density at radius 3 is 1.39 bits per heavy atom. The fourth-order valence-electron chi connectivity index (χ4n) is 6.58. The van der Waals surface area contributed by atoms with Gasteiger partial charge in [-0.25, -0.2) is 0 Å². The highest BCUT2D eigenvalue weighted by molar-refractivity contribution is 14.2. The first kappa shape index (κ1) is 25.6. The number of quaternary nitrogens is 2. The Balaban J connectivity index is 1.40. The Bertz CT molecular complexity index is 1780. The summed E-state index contributed by atoms with van der Waals surface area (Å²) in [5, 5.41) is 27.4. The van der Waals surface area contributed by atoms with Crippen LogP contribution < -0.4 is 10.1 Å². The zero-order valence-electron chi connectivity index (χ0n) is 21.8. The fourth-order valence-corrected chi connectivity index (χ4v) is 10.5. The van der Waals surface area contributed by atoms with Crippen molar-refractivity contribution in [2.45, 2.75) is 5.41 Å². The van der Waals surface area contributed by atoms with Crippen molar-refractivity contribution >= 4 is 83.4 Å². The molecular weight excluding hydrogens is 734 g/mol. The molecule has 2 atom stereocenters. The van der Waals surface area contributed by atoms with Crippen LogP contribution in [0.2, 0.25) is 0 Å². The van der Waals surface area contributed by atoms with Gasteiger partial charge < -0.3 is 20.5 Å². The highest BCUT2D eigenvalue weighted by Crippen LogP contribution is 2.62. The molecule has 0 saturated carbocycles. The molecule has 41 heavy (non-hydrogen) atoms. The molecule has 200 valence electrons. The van der Waals surface area contributed by atoms with E-state index in [1.165, 1.54) is 33.4 Å². The van der Waals surface area contributed by atoms with Crippen LogP contribution in [0.1, 0.15) is 22.3 Å². The largest absolute Gasteiger partial charge is 0.623 e. The van der Waals surface area contributed by atoms with Crippen LogP contribution in [0, 0.1) is 10.4 Å². The van der Waals surface area contributed by atoms with Crippen LogP contribution in [0.4, 0.5) is 22.7 Å². The van der Waals surface area contributed by atoms with Gasteiger partial charge in [-0.3, -0.25) is 0 Å². The minimum absolute atomic E-state index is 0.0285. The molecule has 0 aromatic heterocycles. The normalized spacial score (nSPS) is 21.1. The van der Waals surface area contributed by atoms with Gasteiger partial charge in [0.2, 0.25) is 0 Å². The van der Waals surface area contributed by atoms with Gasteiger partial charge in [0.15, 0.2) is 0 Å². The molecule has 2 heterocycles. The third-order valence-electron chi connectivity index (χ3n) is 8.36. The van der Waals surface area contributed by atoms with Gasteiger partial charge in [-0.05, 0) is 109 Å². The Morgan fingerprint density at radius 2 is 0.951 bits per heavy atom. The summed E-state index contributed by atoms with van der Waals surface area (Å²) in [5.41, 5.74) is 12.0. The van der Waals surface area contributed by atoms with E-state index in [1.54, 1.807) is 0 Å².